The summed E-state index contributed by atoms with van der Waals surface area (Å²) in [6.07, 6.45) is 2.06. The van der Waals surface area contributed by atoms with Crippen LogP contribution in [-0.4, -0.2) is 82.1 Å². The molecule has 1 aromatic heterocycles. The molecule has 0 radical (unpaired) electrons. The molecule has 2 amide bonds. The lowest BCUT2D eigenvalue weighted by atomic mass is 9.98. The van der Waals surface area contributed by atoms with Gasteiger partial charge in [-0.05, 0) is 38.3 Å². The zero-order valence-electron chi connectivity index (χ0n) is 19.8. The van der Waals surface area contributed by atoms with E-state index >= 15 is 0 Å². The molecular formula is C24H29N5O6. The van der Waals surface area contributed by atoms with Crippen LogP contribution in [0.5, 0.6) is 0 Å². The predicted molar refractivity (Wildman–Crippen MR) is 124 cm³/mol. The van der Waals surface area contributed by atoms with Crippen LogP contribution in [0.4, 0.5) is 4.79 Å². The zero-order chi connectivity index (χ0) is 24.8. The molecule has 1 N–H and O–H groups in total. The summed E-state index contributed by atoms with van der Waals surface area (Å²) in [5, 5.41) is 10.5. The summed E-state index contributed by atoms with van der Waals surface area (Å²) in [5.41, 5.74) is 1.36. The summed E-state index contributed by atoms with van der Waals surface area (Å²) in [7, 11) is 0. The second-order valence-electron chi connectivity index (χ2n) is 8.37. The van der Waals surface area contributed by atoms with Crippen LogP contribution in [0.1, 0.15) is 44.1 Å². The van der Waals surface area contributed by atoms with Crippen molar-refractivity contribution in [1.82, 2.24) is 20.0 Å². The van der Waals surface area contributed by atoms with Crippen LogP contribution in [0.3, 0.4) is 0 Å². The Balaban J connectivity index is 1.39. The van der Waals surface area contributed by atoms with Crippen molar-refractivity contribution in [2.24, 2.45) is 5.16 Å². The first-order valence-electron chi connectivity index (χ1n) is 11.7. The average molecular weight is 484 g/mol. The van der Waals surface area contributed by atoms with Crippen molar-refractivity contribution < 1.29 is 28.7 Å². The van der Waals surface area contributed by atoms with Gasteiger partial charge in [0.1, 0.15) is 6.10 Å². The summed E-state index contributed by atoms with van der Waals surface area (Å²) in [4.78, 5) is 46.0. The molecule has 0 spiro atoms. The van der Waals surface area contributed by atoms with Crippen LogP contribution < -0.4 is 0 Å². The smallest absolute Gasteiger partial charge is 0.411 e. The highest BCUT2D eigenvalue weighted by Gasteiger charge is 2.44. The fourth-order valence-corrected chi connectivity index (χ4v) is 4.49. The molecule has 1 aromatic carbocycles. The van der Waals surface area contributed by atoms with Gasteiger partial charge in [-0.1, -0.05) is 35.5 Å². The quantitative estimate of drug-likeness (QED) is 0.347. The van der Waals surface area contributed by atoms with Gasteiger partial charge in [-0.2, -0.15) is 5.10 Å². The van der Waals surface area contributed by atoms with Gasteiger partial charge in [-0.15, -0.1) is 0 Å². The third-order valence-corrected chi connectivity index (χ3v) is 6.19. The van der Waals surface area contributed by atoms with Crippen LogP contribution >= 0.6 is 0 Å². The molecule has 35 heavy (non-hydrogen) atoms. The Labute approximate surface area is 203 Å². The lowest BCUT2D eigenvalue weighted by Crippen LogP contribution is -2.50. The summed E-state index contributed by atoms with van der Waals surface area (Å²) in [5.74, 6) is -0.926. The zero-order valence-corrected chi connectivity index (χ0v) is 19.8. The number of aromatic nitrogens is 2. The van der Waals surface area contributed by atoms with E-state index in [1.165, 1.54) is 6.20 Å². The minimum Gasteiger partial charge on any atom is -0.463 e. The van der Waals surface area contributed by atoms with E-state index in [0.717, 1.165) is 5.56 Å². The second kappa shape index (κ2) is 11.0. The number of ether oxygens (including phenoxy) is 2. The topological polar surface area (TPSA) is 126 Å². The van der Waals surface area contributed by atoms with E-state index in [-0.39, 0.29) is 42.5 Å². The monoisotopic (exact) mass is 483 g/mol. The Kier molecular flexibility index (Phi) is 7.64. The van der Waals surface area contributed by atoms with Gasteiger partial charge in [0, 0.05) is 25.3 Å². The number of hydrogen-bond donors (Lipinski definition) is 1. The SMILES string of the molecule is CCOC(=O)CON=C(C(=O)N1CCC(N2C(=O)OC(c3ccccc3)C2C)CC1)c1ccn[nH]1. The Morgan fingerprint density at radius 2 is 1.94 bits per heavy atom. The van der Waals surface area contributed by atoms with Gasteiger partial charge < -0.3 is 19.2 Å². The average Bonchev–Trinajstić information content (AvgIpc) is 3.50. The number of carbonyl (C=O) groups is 3. The number of nitrogens with one attached hydrogen (secondary N) is 1. The molecule has 11 heteroatoms. The summed E-state index contributed by atoms with van der Waals surface area (Å²) < 4.78 is 10.5. The molecular weight excluding hydrogens is 454 g/mol. The number of H-pyrrole nitrogens is 1. The molecule has 0 saturated carbocycles. The predicted octanol–water partition coefficient (Wildman–Crippen LogP) is 2.27. The third-order valence-electron chi connectivity index (χ3n) is 6.19. The van der Waals surface area contributed by atoms with E-state index in [2.05, 4.69) is 15.4 Å². The number of likely N-dealkylation sites (tertiary alicyclic amines) is 1. The number of carbonyl (C=O) groups excluding carboxylic acids is 3. The lowest BCUT2D eigenvalue weighted by Gasteiger charge is -2.37. The van der Waals surface area contributed by atoms with Gasteiger partial charge in [0.2, 0.25) is 6.61 Å². The van der Waals surface area contributed by atoms with Crippen molar-refractivity contribution in [3.8, 4) is 0 Å². The summed E-state index contributed by atoms with van der Waals surface area (Å²) >= 11 is 0. The standard InChI is InChI=1S/C24H29N5O6/c1-3-33-20(30)15-34-27-21(19-9-12-25-26-19)23(31)28-13-10-18(11-14-28)29-16(2)22(35-24(29)32)17-7-5-4-6-8-17/h4-9,12,16,18,22H,3,10-11,13-15H2,1-2H3,(H,25,26). The van der Waals surface area contributed by atoms with Crippen molar-refractivity contribution >= 4 is 23.7 Å². The number of piperidine rings is 1. The molecule has 0 bridgehead atoms. The summed E-state index contributed by atoms with van der Waals surface area (Å²) in [6.45, 7) is 4.36. The molecule has 2 unspecified atom stereocenters. The van der Waals surface area contributed by atoms with Crippen LogP contribution in [0.2, 0.25) is 0 Å². The van der Waals surface area contributed by atoms with Gasteiger partial charge in [-0.3, -0.25) is 14.8 Å². The minimum absolute atomic E-state index is 0.0170. The van der Waals surface area contributed by atoms with Gasteiger partial charge >= 0.3 is 12.1 Å². The molecule has 2 atom stereocenters. The highest BCUT2D eigenvalue weighted by Crippen LogP contribution is 2.35. The number of nitrogens with zero attached hydrogens (tertiary/aromatic N) is 4. The number of oxime groups is 1. The highest BCUT2D eigenvalue weighted by atomic mass is 16.7. The van der Waals surface area contributed by atoms with Crippen LogP contribution in [0.15, 0.2) is 47.8 Å². The minimum atomic E-state index is -0.575. The van der Waals surface area contributed by atoms with E-state index in [1.54, 1.807) is 22.8 Å². The molecule has 2 fully saturated rings. The van der Waals surface area contributed by atoms with E-state index < -0.39 is 12.6 Å². The number of cyclic esters (lactones) is 1. The van der Waals surface area contributed by atoms with Crippen LogP contribution in [-0.2, 0) is 23.9 Å². The Morgan fingerprint density at radius 3 is 2.60 bits per heavy atom. The maximum Gasteiger partial charge on any atom is 0.411 e. The molecule has 2 aromatic rings. The van der Waals surface area contributed by atoms with E-state index in [0.29, 0.717) is 31.6 Å². The molecule has 3 heterocycles. The van der Waals surface area contributed by atoms with Crippen LogP contribution in [0.25, 0.3) is 0 Å². The van der Waals surface area contributed by atoms with E-state index in [4.69, 9.17) is 14.3 Å². The molecule has 2 aliphatic rings. The Morgan fingerprint density at radius 1 is 1.20 bits per heavy atom. The van der Waals surface area contributed by atoms with Crippen LogP contribution in [0, 0.1) is 0 Å². The van der Waals surface area contributed by atoms with Crippen molar-refractivity contribution in [3.63, 3.8) is 0 Å². The lowest BCUT2D eigenvalue weighted by molar-refractivity contribution is -0.148. The number of hydrogen-bond acceptors (Lipinski definition) is 8. The second-order valence-corrected chi connectivity index (χ2v) is 8.37. The third kappa shape index (κ3) is 5.44. The fraction of sp³-hybridized carbons (Fsp3) is 0.458. The fourth-order valence-electron chi connectivity index (χ4n) is 4.49. The maximum absolute atomic E-state index is 13.2. The van der Waals surface area contributed by atoms with E-state index in [1.807, 2.05) is 37.3 Å². The normalized spacial score (nSPS) is 21.1. The highest BCUT2D eigenvalue weighted by molar-refractivity contribution is 6.44. The van der Waals surface area contributed by atoms with Gasteiger partial charge in [0.25, 0.3) is 5.91 Å². The van der Waals surface area contributed by atoms with Crippen molar-refractivity contribution in [2.45, 2.75) is 44.9 Å². The van der Waals surface area contributed by atoms with Gasteiger partial charge in [0.05, 0.1) is 18.3 Å². The summed E-state index contributed by atoms with van der Waals surface area (Å²) in [6, 6.07) is 11.1. The molecule has 2 saturated heterocycles. The number of rotatable bonds is 8. The van der Waals surface area contributed by atoms with Gasteiger partial charge in [0.15, 0.2) is 5.71 Å². The molecule has 11 nitrogen and oxygen atoms in total. The Hall–Kier alpha value is -3.89. The van der Waals surface area contributed by atoms with Crippen molar-refractivity contribution in [2.75, 3.05) is 26.3 Å². The maximum atomic E-state index is 13.2. The van der Waals surface area contributed by atoms with Gasteiger partial charge in [-0.25, -0.2) is 9.59 Å². The number of benzene rings is 1. The Bertz CT molecular complexity index is 1050. The number of esters is 1. The number of aromatic amines is 1. The first-order valence-corrected chi connectivity index (χ1v) is 11.7. The van der Waals surface area contributed by atoms with E-state index in [9.17, 15) is 14.4 Å². The van der Waals surface area contributed by atoms with Crippen molar-refractivity contribution in [3.05, 3.63) is 53.9 Å². The first kappa shape index (κ1) is 24.2. The first-order chi connectivity index (χ1) is 17.0. The molecule has 4 rings (SSSR count). The molecule has 186 valence electrons. The molecule has 2 aliphatic heterocycles. The number of amides is 2. The molecule has 0 aliphatic carbocycles. The van der Waals surface area contributed by atoms with Crippen molar-refractivity contribution in [1.29, 1.82) is 0 Å². The largest absolute Gasteiger partial charge is 0.463 e.